The molecule has 0 heterocycles. The molecule has 0 fully saturated rings. The topological polar surface area (TPSA) is 6.48 Å². The predicted molar refractivity (Wildman–Crippen MR) is 222 cm³/mol. The molecule has 2 nitrogen and oxygen atoms in total. The smallest absolute Gasteiger partial charge is 0.0727 e. The number of anilines is 5. The minimum absolute atomic E-state index is 0.488. The molecular formula is C51H40N2. The highest BCUT2D eigenvalue weighted by atomic mass is 15.2. The zero-order valence-electron chi connectivity index (χ0n) is 30.1. The Bertz CT molecular complexity index is 2560. The third-order valence-corrected chi connectivity index (χ3v) is 11.4. The molecule has 0 N–H and O–H groups in total. The van der Waals surface area contributed by atoms with E-state index in [9.17, 15) is 0 Å². The Hall–Kier alpha value is -6.38. The summed E-state index contributed by atoms with van der Waals surface area (Å²) in [6.07, 6.45) is 8.81. The lowest BCUT2D eigenvalue weighted by Crippen LogP contribution is -2.27. The molecule has 0 aromatic heterocycles. The van der Waals surface area contributed by atoms with Crippen molar-refractivity contribution in [2.75, 3.05) is 9.80 Å². The fourth-order valence-electron chi connectivity index (χ4n) is 9.21. The predicted octanol–water partition coefficient (Wildman–Crippen LogP) is 13.5. The van der Waals surface area contributed by atoms with E-state index in [4.69, 9.17) is 0 Å². The van der Waals surface area contributed by atoms with E-state index in [1.54, 1.807) is 0 Å². The van der Waals surface area contributed by atoms with Crippen molar-refractivity contribution in [1.82, 2.24) is 0 Å². The van der Waals surface area contributed by atoms with Crippen molar-refractivity contribution in [3.8, 4) is 22.3 Å². The Labute approximate surface area is 312 Å². The Morgan fingerprint density at radius 3 is 1.47 bits per heavy atom. The van der Waals surface area contributed by atoms with Crippen LogP contribution in [0.5, 0.6) is 0 Å². The van der Waals surface area contributed by atoms with E-state index >= 15 is 0 Å². The van der Waals surface area contributed by atoms with Crippen molar-refractivity contribution in [1.29, 1.82) is 0 Å². The first kappa shape index (κ1) is 31.4. The molecule has 53 heavy (non-hydrogen) atoms. The number of benzene rings is 7. The van der Waals surface area contributed by atoms with Gasteiger partial charge in [0.2, 0.25) is 0 Å². The molecule has 254 valence electrons. The van der Waals surface area contributed by atoms with Gasteiger partial charge in [-0.15, -0.1) is 0 Å². The molecule has 1 spiro atoms. The molecular weight excluding hydrogens is 641 g/mol. The Morgan fingerprint density at radius 1 is 0.415 bits per heavy atom. The van der Waals surface area contributed by atoms with Crippen LogP contribution >= 0.6 is 0 Å². The van der Waals surface area contributed by atoms with E-state index in [2.05, 4.69) is 206 Å². The van der Waals surface area contributed by atoms with Gasteiger partial charge in [0, 0.05) is 34.1 Å². The monoisotopic (exact) mass is 680 g/mol. The highest BCUT2D eigenvalue weighted by molar-refractivity contribution is 5.97. The average Bonchev–Trinajstić information content (AvgIpc) is 3.66. The first-order valence-corrected chi connectivity index (χ1v) is 18.7. The lowest BCUT2D eigenvalue weighted by atomic mass is 9.70. The first-order valence-electron chi connectivity index (χ1n) is 18.7. The van der Waals surface area contributed by atoms with Gasteiger partial charge in [-0.2, -0.15) is 0 Å². The number of para-hydroxylation sites is 1. The van der Waals surface area contributed by atoms with Gasteiger partial charge < -0.3 is 9.80 Å². The minimum atomic E-state index is -0.488. The van der Waals surface area contributed by atoms with Crippen molar-refractivity contribution in [3.05, 3.63) is 221 Å². The lowest BCUT2D eigenvalue weighted by molar-refractivity contribution is 0.793. The first-order chi connectivity index (χ1) is 26.1. The van der Waals surface area contributed by atoms with E-state index in [0.29, 0.717) is 0 Å². The van der Waals surface area contributed by atoms with Crippen LogP contribution in [0, 0.1) is 13.8 Å². The van der Waals surface area contributed by atoms with Crippen LogP contribution in [0.1, 0.15) is 46.2 Å². The second-order valence-electron chi connectivity index (χ2n) is 14.6. The molecule has 0 unspecified atom stereocenters. The highest BCUT2D eigenvalue weighted by Gasteiger charge is 2.52. The SMILES string of the molecule is Cc1cccc(N(C2=CC=CCC2)c2ccc3c(c2)C2(c4ccccc4-c4ccccc42)c2cc(N(c4ccccc4)c4cccc(C)c4)ccc2-3)c1. The zero-order chi connectivity index (χ0) is 35.5. The van der Waals surface area contributed by atoms with E-state index in [1.807, 2.05) is 0 Å². The fraction of sp³-hybridized carbons (Fsp3) is 0.0980. The van der Waals surface area contributed by atoms with Crippen LogP contribution in [-0.4, -0.2) is 0 Å². The largest absolute Gasteiger partial charge is 0.314 e. The summed E-state index contributed by atoms with van der Waals surface area (Å²) in [5, 5.41) is 0. The molecule has 0 bridgehead atoms. The molecule has 10 rings (SSSR count). The van der Waals surface area contributed by atoms with Crippen LogP contribution in [0.25, 0.3) is 22.3 Å². The normalized spacial score (nSPS) is 14.3. The van der Waals surface area contributed by atoms with Crippen molar-refractivity contribution in [3.63, 3.8) is 0 Å². The van der Waals surface area contributed by atoms with Gasteiger partial charge in [0.1, 0.15) is 0 Å². The van der Waals surface area contributed by atoms with Gasteiger partial charge in [0.15, 0.2) is 0 Å². The second kappa shape index (κ2) is 12.4. The number of rotatable bonds is 6. The summed E-state index contributed by atoms with van der Waals surface area (Å²) >= 11 is 0. The number of fused-ring (bicyclic) bond motifs is 10. The fourth-order valence-corrected chi connectivity index (χ4v) is 9.21. The molecule has 0 saturated heterocycles. The lowest BCUT2D eigenvalue weighted by Gasteiger charge is -2.34. The second-order valence-corrected chi connectivity index (χ2v) is 14.6. The number of allylic oxidation sites excluding steroid dienone is 4. The van der Waals surface area contributed by atoms with Crippen LogP contribution in [0.2, 0.25) is 0 Å². The van der Waals surface area contributed by atoms with Crippen LogP contribution in [-0.2, 0) is 5.41 Å². The van der Waals surface area contributed by atoms with Crippen molar-refractivity contribution < 1.29 is 0 Å². The van der Waals surface area contributed by atoms with Crippen molar-refractivity contribution in [2.45, 2.75) is 32.1 Å². The molecule has 0 saturated carbocycles. The van der Waals surface area contributed by atoms with Gasteiger partial charge in [-0.05, 0) is 149 Å². The van der Waals surface area contributed by atoms with Gasteiger partial charge in [-0.1, -0.05) is 115 Å². The molecule has 2 heteroatoms. The van der Waals surface area contributed by atoms with Crippen LogP contribution in [0.4, 0.5) is 28.4 Å². The maximum atomic E-state index is 2.50. The third kappa shape index (κ3) is 4.86. The van der Waals surface area contributed by atoms with E-state index in [0.717, 1.165) is 29.9 Å². The molecule has 0 amide bonds. The highest BCUT2D eigenvalue weighted by Crippen LogP contribution is 2.64. The standard InChI is InChI=1S/C51H40N2/c1-35-15-13-21-39(31-35)52(37-17-5-3-6-18-37)41-27-29-45-46-30-28-42(53(38-19-7-4-8-20-38)40-22-14-16-36(2)32-40)34-50(46)51(49(45)33-41)47-25-11-9-23-43(47)44-24-10-12-26-48(44)51/h3-7,9-19,21-34H,8,20H2,1-2H3. The van der Waals surface area contributed by atoms with Gasteiger partial charge in [0.25, 0.3) is 0 Å². The van der Waals surface area contributed by atoms with E-state index < -0.39 is 5.41 Å². The molecule has 3 aliphatic rings. The molecule has 0 atom stereocenters. The number of nitrogens with zero attached hydrogens (tertiary/aromatic N) is 2. The van der Waals surface area contributed by atoms with Crippen molar-refractivity contribution in [2.24, 2.45) is 0 Å². The van der Waals surface area contributed by atoms with Crippen LogP contribution in [0.15, 0.2) is 188 Å². The van der Waals surface area contributed by atoms with Crippen LogP contribution in [0.3, 0.4) is 0 Å². The minimum Gasteiger partial charge on any atom is -0.314 e. The molecule has 0 aliphatic heterocycles. The zero-order valence-corrected chi connectivity index (χ0v) is 30.1. The van der Waals surface area contributed by atoms with E-state index in [1.165, 1.54) is 72.7 Å². The summed E-state index contributed by atoms with van der Waals surface area (Å²) in [5.74, 6) is 0. The summed E-state index contributed by atoms with van der Waals surface area (Å²) in [6.45, 7) is 4.36. The van der Waals surface area contributed by atoms with Gasteiger partial charge in [0.05, 0.1) is 5.41 Å². The number of aryl methyl sites for hydroxylation is 2. The quantitative estimate of drug-likeness (QED) is 0.172. The maximum absolute atomic E-state index is 2.50. The summed E-state index contributed by atoms with van der Waals surface area (Å²) in [6, 6.07) is 61.1. The summed E-state index contributed by atoms with van der Waals surface area (Å²) in [7, 11) is 0. The summed E-state index contributed by atoms with van der Waals surface area (Å²) in [5.41, 5.74) is 19.7. The number of hydrogen-bond donors (Lipinski definition) is 0. The Morgan fingerprint density at radius 2 is 0.906 bits per heavy atom. The molecule has 0 radical (unpaired) electrons. The molecule has 7 aromatic carbocycles. The van der Waals surface area contributed by atoms with E-state index in [-0.39, 0.29) is 0 Å². The van der Waals surface area contributed by atoms with Gasteiger partial charge >= 0.3 is 0 Å². The Balaban J connectivity index is 1.25. The van der Waals surface area contributed by atoms with Gasteiger partial charge in [-0.25, -0.2) is 0 Å². The molecule has 7 aromatic rings. The average molecular weight is 681 g/mol. The number of hydrogen-bond acceptors (Lipinski definition) is 2. The maximum Gasteiger partial charge on any atom is 0.0727 e. The van der Waals surface area contributed by atoms with Gasteiger partial charge in [-0.3, -0.25) is 0 Å². The molecule has 3 aliphatic carbocycles. The Kier molecular flexibility index (Phi) is 7.33. The van der Waals surface area contributed by atoms with Crippen LogP contribution < -0.4 is 9.80 Å². The van der Waals surface area contributed by atoms with Crippen molar-refractivity contribution >= 4 is 28.4 Å². The third-order valence-electron chi connectivity index (χ3n) is 11.4. The summed E-state index contributed by atoms with van der Waals surface area (Å²) in [4.78, 5) is 4.89. The summed E-state index contributed by atoms with van der Waals surface area (Å²) < 4.78 is 0.